The van der Waals surface area contributed by atoms with Crippen molar-refractivity contribution in [1.29, 1.82) is 0 Å². The number of rotatable bonds is 10. The molecule has 3 aliphatic rings. The van der Waals surface area contributed by atoms with Crippen LogP contribution in [-0.2, 0) is 41.9 Å². The van der Waals surface area contributed by atoms with Crippen molar-refractivity contribution in [2.24, 2.45) is 11.8 Å². The van der Waals surface area contributed by atoms with E-state index in [0.717, 1.165) is 19.1 Å². The number of nitrogens with one attached hydrogen (secondary N) is 4. The first kappa shape index (κ1) is 42.7. The maximum absolute atomic E-state index is 14.2. The van der Waals surface area contributed by atoms with Gasteiger partial charge in [0.05, 0.1) is 24.6 Å². The molecule has 2 bridgehead atoms. The first-order valence-electron chi connectivity index (χ1n) is 19.2. The van der Waals surface area contributed by atoms with Gasteiger partial charge >= 0.3 is 0 Å². The summed E-state index contributed by atoms with van der Waals surface area (Å²) in [6, 6.07) is 15.6. The third kappa shape index (κ3) is 12.8. The van der Waals surface area contributed by atoms with Gasteiger partial charge in [-0.25, -0.2) is 8.42 Å². The van der Waals surface area contributed by atoms with Gasteiger partial charge in [0.25, 0.3) is 5.91 Å². The lowest BCUT2D eigenvalue weighted by atomic mass is 10.0. The van der Waals surface area contributed by atoms with Gasteiger partial charge < -0.3 is 35.6 Å². The van der Waals surface area contributed by atoms with E-state index in [4.69, 9.17) is 9.47 Å². The summed E-state index contributed by atoms with van der Waals surface area (Å²) in [6.07, 6.45) is 3.63. The summed E-state index contributed by atoms with van der Waals surface area (Å²) in [5.74, 6) is -1.05. The summed E-state index contributed by atoms with van der Waals surface area (Å²) >= 11 is 0. The first-order chi connectivity index (χ1) is 27.1. The fraction of sp³-hybridized carbons (Fsp3) is 0.452. The molecule has 4 atom stereocenters. The van der Waals surface area contributed by atoms with Crippen molar-refractivity contribution in [2.75, 3.05) is 33.1 Å². The van der Waals surface area contributed by atoms with Crippen LogP contribution in [0.15, 0.2) is 77.7 Å². The Morgan fingerprint density at radius 1 is 0.912 bits per heavy atom. The maximum Gasteiger partial charge on any atom is 0.251 e. The van der Waals surface area contributed by atoms with E-state index in [9.17, 15) is 32.4 Å². The monoisotopic (exact) mass is 803 g/mol. The molecule has 0 spiro atoms. The molecule has 14 nitrogen and oxygen atoms in total. The Morgan fingerprint density at radius 3 is 2.18 bits per heavy atom. The third-order valence-electron chi connectivity index (χ3n) is 9.88. The zero-order valence-corrected chi connectivity index (χ0v) is 33.9. The minimum atomic E-state index is -3.51. The molecule has 2 heterocycles. The minimum Gasteiger partial charge on any atom is -0.497 e. The second-order valence-electron chi connectivity index (χ2n) is 15.4. The molecule has 3 aromatic rings. The number of hydrogen-bond acceptors (Lipinski definition) is 9. The lowest BCUT2D eigenvalue weighted by Crippen LogP contribution is -2.58. The van der Waals surface area contributed by atoms with Gasteiger partial charge in [-0.1, -0.05) is 38.1 Å². The zero-order valence-electron chi connectivity index (χ0n) is 33.1. The average molecular weight is 804 g/mol. The van der Waals surface area contributed by atoms with Crippen LogP contribution in [0.1, 0.15) is 61.5 Å². The van der Waals surface area contributed by atoms with Crippen LogP contribution in [0, 0.1) is 11.8 Å². The highest BCUT2D eigenvalue weighted by Gasteiger charge is 2.34. The smallest absolute Gasteiger partial charge is 0.251 e. The standard InChI is InChI=1S/C42H53N5O9S/c1-26(2)20-32-25-56-34-16-10-29(11-17-34)22-37(45-39(49)31-12-18-35(19-13-31)57(5,53)54)41(51)46-36(21-28-8-14-33(55-4)15-9-28)40(50)43-27(3)42(52)47(23-30-6-7-30)24-38(48)44-32/h8-19,26-27,30,32,36-37H,6-7,20-25H2,1-5H3,(H,43,50)(H,44,48)(H,45,49)(H,46,51)/t27-,32+,36+,37+/m1/s1. The molecule has 306 valence electrons. The van der Waals surface area contributed by atoms with Crippen molar-refractivity contribution in [3.05, 3.63) is 89.5 Å². The van der Waals surface area contributed by atoms with E-state index in [-0.39, 0.29) is 60.2 Å². The fourth-order valence-corrected chi connectivity index (χ4v) is 7.25. The van der Waals surface area contributed by atoms with Crippen LogP contribution in [0.5, 0.6) is 11.5 Å². The van der Waals surface area contributed by atoms with Crippen LogP contribution in [0.2, 0.25) is 0 Å². The van der Waals surface area contributed by atoms with Crippen molar-refractivity contribution in [3.63, 3.8) is 0 Å². The second kappa shape index (κ2) is 19.1. The highest BCUT2D eigenvalue weighted by molar-refractivity contribution is 7.90. The van der Waals surface area contributed by atoms with E-state index in [1.165, 1.54) is 36.3 Å². The Hall–Kier alpha value is -5.44. The van der Waals surface area contributed by atoms with Gasteiger partial charge in [-0.05, 0) is 97.7 Å². The van der Waals surface area contributed by atoms with Gasteiger partial charge in [0.2, 0.25) is 23.6 Å². The summed E-state index contributed by atoms with van der Waals surface area (Å²) in [6.45, 7) is 6.00. The van der Waals surface area contributed by atoms with E-state index in [1.807, 2.05) is 13.8 Å². The number of carbonyl (C=O) groups excluding carboxylic acids is 5. The number of amides is 5. The summed E-state index contributed by atoms with van der Waals surface area (Å²) in [5, 5.41) is 11.4. The molecule has 0 aromatic heterocycles. The van der Waals surface area contributed by atoms with Gasteiger partial charge in [-0.3, -0.25) is 24.0 Å². The predicted molar refractivity (Wildman–Crippen MR) is 213 cm³/mol. The maximum atomic E-state index is 14.2. The van der Waals surface area contributed by atoms with Gasteiger partial charge in [0, 0.05) is 31.2 Å². The Bertz CT molecular complexity index is 2000. The lowest BCUT2D eigenvalue weighted by molar-refractivity contribution is -0.140. The quantitative estimate of drug-likeness (QED) is 0.224. The molecule has 1 aliphatic carbocycles. The molecule has 1 saturated carbocycles. The molecule has 2 aliphatic heterocycles. The molecule has 4 N–H and O–H groups in total. The predicted octanol–water partition coefficient (Wildman–Crippen LogP) is 2.83. The number of benzene rings is 3. The van der Waals surface area contributed by atoms with Gasteiger partial charge in [-0.2, -0.15) is 0 Å². The van der Waals surface area contributed by atoms with Crippen molar-refractivity contribution in [3.8, 4) is 11.5 Å². The molecule has 15 heteroatoms. The van der Waals surface area contributed by atoms with Crippen LogP contribution in [0.3, 0.4) is 0 Å². The lowest BCUT2D eigenvalue weighted by Gasteiger charge is -2.29. The summed E-state index contributed by atoms with van der Waals surface area (Å²) in [4.78, 5) is 70.7. The van der Waals surface area contributed by atoms with Crippen molar-refractivity contribution in [2.45, 2.75) is 81.9 Å². The molecule has 1 fully saturated rings. The van der Waals surface area contributed by atoms with E-state index >= 15 is 0 Å². The van der Waals surface area contributed by atoms with Crippen molar-refractivity contribution >= 4 is 39.4 Å². The highest BCUT2D eigenvalue weighted by atomic mass is 32.2. The van der Waals surface area contributed by atoms with Gasteiger partial charge in [0.15, 0.2) is 9.84 Å². The fourth-order valence-electron chi connectivity index (χ4n) is 6.62. The molecule has 5 amide bonds. The van der Waals surface area contributed by atoms with E-state index in [0.29, 0.717) is 35.6 Å². The topological polar surface area (TPSA) is 189 Å². The van der Waals surface area contributed by atoms with Gasteiger partial charge in [0.1, 0.15) is 36.2 Å². The summed E-state index contributed by atoms with van der Waals surface area (Å²) < 4.78 is 35.4. The number of fused-ring (bicyclic) bond motifs is 17. The van der Waals surface area contributed by atoms with Crippen LogP contribution in [-0.4, -0.2) is 100 Å². The first-order valence-corrected chi connectivity index (χ1v) is 21.1. The average Bonchev–Trinajstić information content (AvgIpc) is 4.00. The number of methoxy groups -OCH3 is 1. The Morgan fingerprint density at radius 2 is 1.58 bits per heavy atom. The molecule has 0 radical (unpaired) electrons. The molecule has 0 saturated heterocycles. The Balaban J connectivity index is 1.48. The minimum absolute atomic E-state index is 0.0210. The number of ether oxygens (including phenoxy) is 2. The SMILES string of the molecule is COc1ccc(C[C@@H]2NC(=O)[C@@H](NC(=O)c3ccc(S(C)(=O)=O)cc3)Cc3ccc(cc3)OC[C@H](CC(C)C)NC(=O)CN(CC3CC3)C(=O)[C@@H](C)NC2=O)cc1. The summed E-state index contributed by atoms with van der Waals surface area (Å²) in [7, 11) is -1.98. The Kier molecular flexibility index (Phi) is 14.3. The summed E-state index contributed by atoms with van der Waals surface area (Å²) in [5.41, 5.74) is 1.49. The largest absolute Gasteiger partial charge is 0.497 e. The molecular formula is C42H53N5O9S. The van der Waals surface area contributed by atoms with Crippen LogP contribution >= 0.6 is 0 Å². The van der Waals surface area contributed by atoms with E-state index < -0.39 is 51.6 Å². The number of nitrogens with zero attached hydrogens (tertiary/aromatic N) is 1. The van der Waals surface area contributed by atoms with Crippen LogP contribution in [0.4, 0.5) is 0 Å². The molecule has 3 aromatic carbocycles. The molecule has 6 rings (SSSR count). The van der Waals surface area contributed by atoms with Crippen LogP contribution in [0.25, 0.3) is 0 Å². The number of carbonyl (C=O) groups is 5. The normalized spacial score (nSPS) is 21.5. The number of hydrogen-bond donors (Lipinski definition) is 4. The van der Waals surface area contributed by atoms with Crippen molar-refractivity contribution in [1.82, 2.24) is 26.2 Å². The third-order valence-corrected chi connectivity index (χ3v) is 11.0. The molecule has 0 unspecified atom stereocenters. The van der Waals surface area contributed by atoms with Gasteiger partial charge in [-0.15, -0.1) is 0 Å². The highest BCUT2D eigenvalue weighted by Crippen LogP contribution is 2.30. The van der Waals surface area contributed by atoms with E-state index in [2.05, 4.69) is 21.3 Å². The van der Waals surface area contributed by atoms with E-state index in [1.54, 1.807) is 55.5 Å². The number of sulfone groups is 1. The molecule has 57 heavy (non-hydrogen) atoms. The Labute approximate surface area is 334 Å². The van der Waals surface area contributed by atoms with Crippen molar-refractivity contribution < 1.29 is 41.9 Å². The second-order valence-corrected chi connectivity index (χ2v) is 17.4. The van der Waals surface area contributed by atoms with Crippen LogP contribution < -0.4 is 30.7 Å². The molecular weight excluding hydrogens is 751 g/mol. The zero-order chi connectivity index (χ0) is 41.3.